The van der Waals surface area contributed by atoms with Crippen LogP contribution < -0.4 is 0 Å². The molecule has 24 heavy (non-hydrogen) atoms. The molecule has 0 N–H and O–H groups in total. The maximum absolute atomic E-state index is 13.1. The quantitative estimate of drug-likeness (QED) is 0.837. The molecule has 2 atom stereocenters. The zero-order valence-electron chi connectivity index (χ0n) is 13.5. The molecule has 5 nitrogen and oxygen atoms in total. The van der Waals surface area contributed by atoms with Crippen molar-refractivity contribution in [1.82, 2.24) is 14.1 Å². The highest BCUT2D eigenvalue weighted by molar-refractivity contribution is 7.89. The van der Waals surface area contributed by atoms with E-state index in [1.54, 1.807) is 28.6 Å². The minimum atomic E-state index is -3.56. The van der Waals surface area contributed by atoms with Gasteiger partial charge in [-0.1, -0.05) is 23.7 Å². The maximum Gasteiger partial charge on any atom is 0.245 e. The Labute approximate surface area is 147 Å². The Morgan fingerprint density at radius 2 is 1.79 bits per heavy atom. The van der Waals surface area contributed by atoms with Crippen molar-refractivity contribution in [1.29, 1.82) is 0 Å². The minimum absolute atomic E-state index is 0.0273. The molecule has 4 rings (SSSR count). The van der Waals surface area contributed by atoms with E-state index in [1.165, 1.54) is 0 Å². The monoisotopic (exact) mass is 365 g/mol. The Morgan fingerprint density at radius 3 is 2.38 bits per heavy atom. The molecule has 7 heteroatoms. The maximum atomic E-state index is 13.1. The van der Waals surface area contributed by atoms with Crippen molar-refractivity contribution in [2.24, 2.45) is 0 Å². The molecule has 2 fully saturated rings. The Kier molecular flexibility index (Phi) is 3.94. The third-order valence-corrected chi connectivity index (χ3v) is 7.64. The van der Waals surface area contributed by atoms with Gasteiger partial charge in [0.1, 0.15) is 4.90 Å². The summed E-state index contributed by atoms with van der Waals surface area (Å²) in [4.78, 5) is 0.219. The molecule has 0 radical (unpaired) electrons. The number of halogens is 1. The second-order valence-corrected chi connectivity index (χ2v) is 8.99. The van der Waals surface area contributed by atoms with Crippen molar-refractivity contribution in [2.75, 3.05) is 0 Å². The fourth-order valence-corrected chi connectivity index (χ4v) is 6.50. The molecule has 2 bridgehead atoms. The number of hydrogen-bond acceptors (Lipinski definition) is 3. The topological polar surface area (TPSA) is 55.2 Å². The first-order valence-corrected chi connectivity index (χ1v) is 10.1. The smallest absolute Gasteiger partial charge is 0.245 e. The van der Waals surface area contributed by atoms with Gasteiger partial charge in [0.25, 0.3) is 0 Å². The number of fused-ring (bicyclic) bond motifs is 2. The molecule has 1 aromatic heterocycles. The summed E-state index contributed by atoms with van der Waals surface area (Å²) >= 11 is 6.15. The Balaban J connectivity index is 1.64. The Hall–Kier alpha value is -1.37. The number of piperidine rings is 1. The summed E-state index contributed by atoms with van der Waals surface area (Å²) in [6, 6.07) is 7.03. The average molecular weight is 366 g/mol. The van der Waals surface area contributed by atoms with E-state index in [0.717, 1.165) is 31.2 Å². The number of aromatic nitrogens is 2. The molecule has 0 spiro atoms. The number of rotatable bonds is 3. The van der Waals surface area contributed by atoms with Crippen molar-refractivity contribution in [3.05, 3.63) is 47.2 Å². The SMILES string of the molecule is Cc1cnn(C2CC3CCC(C2)N3S(=O)(=O)c2ccccc2Cl)c1. The zero-order valence-corrected chi connectivity index (χ0v) is 15.0. The van der Waals surface area contributed by atoms with Gasteiger partial charge in [-0.15, -0.1) is 0 Å². The fraction of sp³-hybridized carbons (Fsp3) is 0.471. The summed E-state index contributed by atoms with van der Waals surface area (Å²) in [5.74, 6) is 0. The highest BCUT2D eigenvalue weighted by atomic mass is 35.5. The van der Waals surface area contributed by atoms with Crippen LogP contribution in [0, 0.1) is 6.92 Å². The lowest BCUT2D eigenvalue weighted by Crippen LogP contribution is -2.46. The molecule has 2 aliphatic rings. The Bertz CT molecular complexity index is 850. The van der Waals surface area contributed by atoms with E-state index in [4.69, 9.17) is 11.6 Å². The van der Waals surface area contributed by atoms with Crippen molar-refractivity contribution >= 4 is 21.6 Å². The van der Waals surface area contributed by atoms with Crippen LogP contribution in [0.5, 0.6) is 0 Å². The van der Waals surface area contributed by atoms with Gasteiger partial charge in [-0.05, 0) is 50.3 Å². The van der Waals surface area contributed by atoms with E-state index in [0.29, 0.717) is 5.02 Å². The zero-order chi connectivity index (χ0) is 16.9. The molecular weight excluding hydrogens is 346 g/mol. The largest absolute Gasteiger partial charge is 0.269 e. The van der Waals surface area contributed by atoms with Crippen LogP contribution in [0.2, 0.25) is 5.02 Å². The van der Waals surface area contributed by atoms with Gasteiger partial charge < -0.3 is 0 Å². The molecule has 0 amide bonds. The van der Waals surface area contributed by atoms with Gasteiger partial charge in [0.05, 0.1) is 17.3 Å². The molecule has 1 aromatic carbocycles. The predicted octanol–water partition coefficient (Wildman–Crippen LogP) is 3.40. The predicted molar refractivity (Wildman–Crippen MR) is 92.5 cm³/mol. The molecular formula is C17H20ClN3O2S. The summed E-state index contributed by atoms with van der Waals surface area (Å²) in [5.41, 5.74) is 1.13. The summed E-state index contributed by atoms with van der Waals surface area (Å²) in [5, 5.41) is 4.72. The lowest BCUT2D eigenvalue weighted by atomic mass is 10.00. The van der Waals surface area contributed by atoms with Crippen LogP contribution >= 0.6 is 11.6 Å². The molecule has 2 unspecified atom stereocenters. The standard InChI is InChI=1S/C17H20ClN3O2S/c1-12-10-19-20(11-12)15-8-13-6-7-14(9-15)21(13)24(22,23)17-5-3-2-4-16(17)18/h2-5,10-11,13-15H,6-9H2,1H3. The summed E-state index contributed by atoms with van der Waals surface area (Å²) in [6.45, 7) is 2.02. The number of benzene rings is 1. The number of hydrogen-bond donors (Lipinski definition) is 0. The van der Waals surface area contributed by atoms with Gasteiger partial charge in [0, 0.05) is 18.3 Å². The van der Waals surface area contributed by atoms with E-state index < -0.39 is 10.0 Å². The van der Waals surface area contributed by atoms with Crippen molar-refractivity contribution in [3.63, 3.8) is 0 Å². The van der Waals surface area contributed by atoms with Crippen molar-refractivity contribution in [3.8, 4) is 0 Å². The van der Waals surface area contributed by atoms with Gasteiger partial charge in [-0.3, -0.25) is 4.68 Å². The summed E-state index contributed by atoms with van der Waals surface area (Å²) in [6.07, 6.45) is 7.33. The third-order valence-electron chi connectivity index (χ3n) is 5.14. The van der Waals surface area contributed by atoms with Gasteiger partial charge in [-0.2, -0.15) is 9.40 Å². The van der Waals surface area contributed by atoms with E-state index >= 15 is 0 Å². The van der Waals surface area contributed by atoms with Gasteiger partial charge in [0.15, 0.2) is 0 Å². The molecule has 3 heterocycles. The van der Waals surface area contributed by atoms with Crippen molar-refractivity contribution in [2.45, 2.75) is 55.6 Å². The second kappa shape index (κ2) is 5.86. The first-order valence-electron chi connectivity index (χ1n) is 8.25. The van der Waals surface area contributed by atoms with Crippen LogP contribution in [0.25, 0.3) is 0 Å². The lowest BCUT2D eigenvalue weighted by molar-refractivity contribution is 0.185. The number of aryl methyl sites for hydroxylation is 1. The Morgan fingerprint density at radius 1 is 1.12 bits per heavy atom. The molecule has 128 valence electrons. The third kappa shape index (κ3) is 2.57. The van der Waals surface area contributed by atoms with Crippen molar-refractivity contribution < 1.29 is 8.42 Å². The number of sulfonamides is 1. The van der Waals surface area contributed by atoms with Crippen LogP contribution in [0.15, 0.2) is 41.6 Å². The van der Waals surface area contributed by atoms with Gasteiger partial charge >= 0.3 is 0 Å². The first kappa shape index (κ1) is 16.1. The summed E-state index contributed by atoms with van der Waals surface area (Å²) in [7, 11) is -3.56. The minimum Gasteiger partial charge on any atom is -0.269 e. The first-order chi connectivity index (χ1) is 11.5. The highest BCUT2D eigenvalue weighted by Gasteiger charge is 2.48. The van der Waals surface area contributed by atoms with E-state index in [2.05, 4.69) is 5.10 Å². The molecule has 2 saturated heterocycles. The molecule has 0 aliphatic carbocycles. The summed E-state index contributed by atoms with van der Waals surface area (Å²) < 4.78 is 30.0. The van der Waals surface area contributed by atoms with Gasteiger partial charge in [0.2, 0.25) is 10.0 Å². The lowest BCUT2D eigenvalue weighted by Gasteiger charge is -2.38. The molecule has 2 aromatic rings. The van der Waals surface area contributed by atoms with E-state index in [1.807, 2.05) is 24.0 Å². The second-order valence-electron chi connectivity index (χ2n) is 6.77. The van der Waals surface area contributed by atoms with Crippen LogP contribution in [0.3, 0.4) is 0 Å². The molecule has 2 aliphatic heterocycles. The molecule has 0 saturated carbocycles. The average Bonchev–Trinajstić information content (AvgIpc) is 3.09. The van der Waals surface area contributed by atoms with E-state index in [9.17, 15) is 8.42 Å². The highest BCUT2D eigenvalue weighted by Crippen LogP contribution is 2.44. The number of nitrogens with zero attached hydrogens (tertiary/aromatic N) is 3. The van der Waals surface area contributed by atoms with E-state index in [-0.39, 0.29) is 23.0 Å². The van der Waals surface area contributed by atoms with Crippen LogP contribution in [0.4, 0.5) is 0 Å². The van der Waals surface area contributed by atoms with Crippen LogP contribution in [-0.2, 0) is 10.0 Å². The van der Waals surface area contributed by atoms with Crippen LogP contribution in [0.1, 0.15) is 37.3 Å². The van der Waals surface area contributed by atoms with Gasteiger partial charge in [-0.25, -0.2) is 8.42 Å². The normalized spacial score (nSPS) is 27.5. The fourth-order valence-electron chi connectivity index (χ4n) is 4.11. The van der Waals surface area contributed by atoms with Crippen LogP contribution in [-0.4, -0.2) is 34.6 Å².